The van der Waals surface area contributed by atoms with Crippen LogP contribution in [0.5, 0.6) is 0 Å². The van der Waals surface area contributed by atoms with Crippen LogP contribution in [0.2, 0.25) is 0 Å². The minimum absolute atomic E-state index is 0.523. The smallest absolute Gasteiger partial charge is 0.0551 e. The molecular formula is C8H18O. The molecule has 1 nitrogen and oxygen atoms in total. The third-order valence-electron chi connectivity index (χ3n) is 1.44. The lowest BCUT2D eigenvalue weighted by Gasteiger charge is -2.01. The van der Waals surface area contributed by atoms with Crippen molar-refractivity contribution in [2.45, 2.75) is 52.7 Å². The molecule has 56 valence electrons. The molecule has 1 aliphatic heterocycles. The fraction of sp³-hybridized carbons (Fsp3) is 1.00. The molecule has 1 heterocycles. The fourth-order valence-corrected chi connectivity index (χ4v) is 1.00. The van der Waals surface area contributed by atoms with Crippen molar-refractivity contribution in [3.8, 4) is 0 Å². The zero-order chi connectivity index (χ0) is 7.28. The molecule has 9 heavy (non-hydrogen) atoms. The summed E-state index contributed by atoms with van der Waals surface area (Å²) in [5, 5.41) is 0. The first-order valence-corrected chi connectivity index (χ1v) is 3.94. The molecule has 1 fully saturated rings. The van der Waals surface area contributed by atoms with Gasteiger partial charge in [-0.3, -0.25) is 0 Å². The van der Waals surface area contributed by atoms with Gasteiger partial charge in [-0.05, 0) is 26.7 Å². The van der Waals surface area contributed by atoms with Gasteiger partial charge in [0.25, 0.3) is 0 Å². The Morgan fingerprint density at radius 2 is 1.33 bits per heavy atom. The lowest BCUT2D eigenvalue weighted by molar-refractivity contribution is 0.0673. The van der Waals surface area contributed by atoms with Crippen molar-refractivity contribution < 1.29 is 4.74 Å². The van der Waals surface area contributed by atoms with Gasteiger partial charge in [0, 0.05) is 0 Å². The first-order valence-electron chi connectivity index (χ1n) is 3.94. The quantitative estimate of drug-likeness (QED) is 0.489. The van der Waals surface area contributed by atoms with Crippen LogP contribution in [0.25, 0.3) is 0 Å². The summed E-state index contributed by atoms with van der Waals surface area (Å²) in [5.41, 5.74) is 0. The van der Waals surface area contributed by atoms with E-state index in [0.717, 1.165) is 0 Å². The fourth-order valence-electron chi connectivity index (χ4n) is 1.00. The summed E-state index contributed by atoms with van der Waals surface area (Å²) < 4.78 is 5.36. The average molecular weight is 130 g/mol. The van der Waals surface area contributed by atoms with E-state index in [1.807, 2.05) is 13.8 Å². The summed E-state index contributed by atoms with van der Waals surface area (Å²) in [7, 11) is 0. The van der Waals surface area contributed by atoms with Crippen LogP contribution < -0.4 is 0 Å². The minimum Gasteiger partial charge on any atom is -0.376 e. The minimum atomic E-state index is 0.523. The molecular weight excluding hydrogens is 112 g/mol. The van der Waals surface area contributed by atoms with E-state index in [1.165, 1.54) is 12.8 Å². The van der Waals surface area contributed by atoms with Gasteiger partial charge in [-0.25, -0.2) is 0 Å². The maximum atomic E-state index is 5.36. The van der Waals surface area contributed by atoms with E-state index in [1.54, 1.807) is 0 Å². The number of ether oxygens (including phenoxy) is 1. The lowest BCUT2D eigenvalue weighted by atomic mass is 10.2. The zero-order valence-electron chi connectivity index (χ0n) is 6.98. The summed E-state index contributed by atoms with van der Waals surface area (Å²) in [4.78, 5) is 0. The van der Waals surface area contributed by atoms with Crippen molar-refractivity contribution in [1.29, 1.82) is 0 Å². The van der Waals surface area contributed by atoms with Crippen LogP contribution in [0.3, 0.4) is 0 Å². The second-order valence-electron chi connectivity index (χ2n) is 2.33. The molecule has 0 aromatic carbocycles. The van der Waals surface area contributed by atoms with Crippen LogP contribution in [0.15, 0.2) is 0 Å². The Balaban J connectivity index is 0.000000291. The highest BCUT2D eigenvalue weighted by Gasteiger charge is 2.16. The molecule has 0 N–H and O–H groups in total. The number of rotatable bonds is 0. The maximum Gasteiger partial charge on any atom is 0.0551 e. The summed E-state index contributed by atoms with van der Waals surface area (Å²) in [6.07, 6.45) is 3.55. The number of hydrogen-bond acceptors (Lipinski definition) is 1. The third-order valence-corrected chi connectivity index (χ3v) is 1.44. The van der Waals surface area contributed by atoms with Crippen LogP contribution in [0.1, 0.15) is 40.5 Å². The van der Waals surface area contributed by atoms with Crippen molar-refractivity contribution in [3.63, 3.8) is 0 Å². The number of hydrogen-bond donors (Lipinski definition) is 0. The Labute approximate surface area is 58.4 Å². The topological polar surface area (TPSA) is 9.23 Å². The van der Waals surface area contributed by atoms with Crippen molar-refractivity contribution in [2.75, 3.05) is 0 Å². The maximum absolute atomic E-state index is 5.36. The van der Waals surface area contributed by atoms with E-state index in [0.29, 0.717) is 12.2 Å². The van der Waals surface area contributed by atoms with Gasteiger partial charge in [0.15, 0.2) is 0 Å². The van der Waals surface area contributed by atoms with Gasteiger partial charge in [0.1, 0.15) is 0 Å². The molecule has 0 aliphatic carbocycles. The second-order valence-corrected chi connectivity index (χ2v) is 2.33. The van der Waals surface area contributed by atoms with Gasteiger partial charge in [0.05, 0.1) is 12.2 Å². The van der Waals surface area contributed by atoms with Crippen LogP contribution in [-0.4, -0.2) is 12.2 Å². The van der Waals surface area contributed by atoms with Crippen LogP contribution in [0.4, 0.5) is 0 Å². The lowest BCUT2D eigenvalue weighted by Crippen LogP contribution is -2.01. The van der Waals surface area contributed by atoms with E-state index < -0.39 is 0 Å². The van der Waals surface area contributed by atoms with Crippen molar-refractivity contribution >= 4 is 0 Å². The Bertz CT molecular complexity index is 53.6. The molecule has 0 amide bonds. The van der Waals surface area contributed by atoms with E-state index in [-0.39, 0.29) is 0 Å². The van der Waals surface area contributed by atoms with E-state index in [4.69, 9.17) is 4.74 Å². The zero-order valence-corrected chi connectivity index (χ0v) is 6.98. The Hall–Kier alpha value is -0.0400. The molecule has 1 saturated heterocycles. The van der Waals surface area contributed by atoms with Crippen molar-refractivity contribution in [2.24, 2.45) is 0 Å². The molecule has 0 radical (unpaired) electrons. The molecule has 0 saturated carbocycles. The molecule has 0 aromatic rings. The second kappa shape index (κ2) is 4.80. The molecule has 1 aliphatic rings. The normalized spacial score (nSPS) is 33.3. The molecule has 0 bridgehead atoms. The standard InChI is InChI=1S/C6H12O.C2H6/c1-5-3-4-6(2)7-5;1-2/h5-6H,3-4H2,1-2H3;1-2H3/t5-,6?;/m1./s1. The van der Waals surface area contributed by atoms with Crippen LogP contribution in [0, 0.1) is 0 Å². The average Bonchev–Trinajstić information content (AvgIpc) is 2.20. The highest BCUT2D eigenvalue weighted by Crippen LogP contribution is 2.17. The highest BCUT2D eigenvalue weighted by atomic mass is 16.5. The molecule has 0 aromatic heterocycles. The molecule has 1 rings (SSSR count). The van der Waals surface area contributed by atoms with Gasteiger partial charge in [-0.1, -0.05) is 13.8 Å². The van der Waals surface area contributed by atoms with Crippen molar-refractivity contribution in [3.05, 3.63) is 0 Å². The monoisotopic (exact) mass is 130 g/mol. The van der Waals surface area contributed by atoms with Gasteiger partial charge in [-0.2, -0.15) is 0 Å². The summed E-state index contributed by atoms with van der Waals surface area (Å²) in [6.45, 7) is 8.26. The predicted molar refractivity (Wildman–Crippen MR) is 40.6 cm³/mol. The first-order chi connectivity index (χ1) is 4.29. The highest BCUT2D eigenvalue weighted by molar-refractivity contribution is 4.64. The summed E-state index contributed by atoms with van der Waals surface area (Å²) in [5.74, 6) is 0. The predicted octanol–water partition coefficient (Wildman–Crippen LogP) is 2.60. The van der Waals surface area contributed by atoms with E-state index in [9.17, 15) is 0 Å². The van der Waals surface area contributed by atoms with E-state index in [2.05, 4.69) is 13.8 Å². The molecule has 1 unspecified atom stereocenters. The van der Waals surface area contributed by atoms with Crippen molar-refractivity contribution in [1.82, 2.24) is 0 Å². The summed E-state index contributed by atoms with van der Waals surface area (Å²) in [6, 6.07) is 0. The van der Waals surface area contributed by atoms with Gasteiger partial charge >= 0.3 is 0 Å². The third kappa shape index (κ3) is 3.52. The van der Waals surface area contributed by atoms with Crippen LogP contribution >= 0.6 is 0 Å². The Kier molecular flexibility index (Phi) is 4.78. The Morgan fingerprint density at radius 1 is 1.00 bits per heavy atom. The largest absolute Gasteiger partial charge is 0.376 e. The summed E-state index contributed by atoms with van der Waals surface area (Å²) >= 11 is 0. The molecule has 0 spiro atoms. The van der Waals surface area contributed by atoms with E-state index >= 15 is 0 Å². The van der Waals surface area contributed by atoms with Gasteiger partial charge < -0.3 is 4.74 Å². The SMILES string of the molecule is CC.CC1CC[C@@H](C)O1. The molecule has 2 atom stereocenters. The van der Waals surface area contributed by atoms with Gasteiger partial charge in [-0.15, -0.1) is 0 Å². The first kappa shape index (κ1) is 8.96. The van der Waals surface area contributed by atoms with Gasteiger partial charge in [0.2, 0.25) is 0 Å². The molecule has 1 heteroatoms. The Morgan fingerprint density at radius 3 is 1.44 bits per heavy atom. The van der Waals surface area contributed by atoms with Crippen LogP contribution in [-0.2, 0) is 4.74 Å².